The zero-order valence-electron chi connectivity index (χ0n) is 8.76. The molecule has 0 atom stereocenters. The Kier molecular flexibility index (Phi) is 3.51. The van der Waals surface area contributed by atoms with E-state index in [0.29, 0.717) is 5.56 Å². The molecule has 0 heterocycles. The number of anilines is 1. The van der Waals surface area contributed by atoms with Crippen LogP contribution in [0.25, 0.3) is 0 Å². The van der Waals surface area contributed by atoms with Gasteiger partial charge in [0.1, 0.15) is 0 Å². The lowest BCUT2D eigenvalue weighted by atomic mass is 10.1. The molecule has 0 spiro atoms. The number of rotatable bonds is 3. The van der Waals surface area contributed by atoms with Crippen LogP contribution in [0.15, 0.2) is 18.2 Å². The number of hydrogen-bond acceptors (Lipinski definition) is 3. The van der Waals surface area contributed by atoms with Gasteiger partial charge in [-0.15, -0.1) is 0 Å². The third-order valence-corrected chi connectivity index (χ3v) is 2.18. The molecule has 1 rings (SSSR count). The van der Waals surface area contributed by atoms with E-state index in [1.807, 2.05) is 19.2 Å². The molecule has 1 aromatic rings. The van der Waals surface area contributed by atoms with Gasteiger partial charge in [-0.3, -0.25) is 0 Å². The number of methoxy groups -OCH3 is 1. The molecule has 0 amide bonds. The summed E-state index contributed by atoms with van der Waals surface area (Å²) in [6, 6.07) is 5.54. The Balaban J connectivity index is 3.07. The number of esters is 1. The van der Waals surface area contributed by atoms with Gasteiger partial charge in [-0.25, -0.2) is 4.79 Å². The topological polar surface area (TPSA) is 38.3 Å². The smallest absolute Gasteiger partial charge is 0.337 e. The number of nitrogens with one attached hydrogen (secondary N) is 1. The Morgan fingerprint density at radius 1 is 1.50 bits per heavy atom. The molecule has 3 heteroatoms. The molecule has 3 nitrogen and oxygen atoms in total. The molecule has 0 saturated carbocycles. The van der Waals surface area contributed by atoms with E-state index in [-0.39, 0.29) is 5.97 Å². The van der Waals surface area contributed by atoms with Gasteiger partial charge < -0.3 is 10.1 Å². The molecule has 1 N–H and O–H groups in total. The highest BCUT2D eigenvalue weighted by Crippen LogP contribution is 2.18. The van der Waals surface area contributed by atoms with Gasteiger partial charge in [0, 0.05) is 12.7 Å². The Hall–Kier alpha value is -1.51. The molecule has 0 saturated heterocycles. The number of ether oxygens (including phenoxy) is 1. The van der Waals surface area contributed by atoms with Crippen molar-refractivity contribution in [3.05, 3.63) is 29.3 Å². The van der Waals surface area contributed by atoms with Crippen LogP contribution < -0.4 is 5.32 Å². The van der Waals surface area contributed by atoms with Crippen molar-refractivity contribution in [2.45, 2.75) is 13.3 Å². The fraction of sp³-hybridized carbons (Fsp3) is 0.364. The first-order chi connectivity index (χ1) is 6.72. The molecule has 0 aliphatic carbocycles. The van der Waals surface area contributed by atoms with E-state index in [1.165, 1.54) is 12.7 Å². The lowest BCUT2D eigenvalue weighted by Gasteiger charge is -2.08. The van der Waals surface area contributed by atoms with Gasteiger partial charge in [-0.2, -0.15) is 0 Å². The minimum Gasteiger partial charge on any atom is -0.465 e. The van der Waals surface area contributed by atoms with Crippen LogP contribution in [0.2, 0.25) is 0 Å². The largest absolute Gasteiger partial charge is 0.465 e. The lowest BCUT2D eigenvalue weighted by Crippen LogP contribution is -2.03. The molecule has 0 aliphatic heterocycles. The van der Waals surface area contributed by atoms with Crippen LogP contribution in [0.5, 0.6) is 0 Å². The fourth-order valence-electron chi connectivity index (χ4n) is 1.36. The third-order valence-electron chi connectivity index (χ3n) is 2.18. The standard InChI is InChI=1S/C11H15NO2/c1-4-8-5-6-9(11(13)14-3)7-10(8)12-2/h5-7,12H,4H2,1-3H3. The van der Waals surface area contributed by atoms with Crippen LogP contribution in [-0.2, 0) is 11.2 Å². The lowest BCUT2D eigenvalue weighted by molar-refractivity contribution is 0.0601. The number of aryl methyl sites for hydroxylation is 1. The molecule has 0 fully saturated rings. The van der Waals surface area contributed by atoms with Crippen LogP contribution >= 0.6 is 0 Å². The second-order valence-corrected chi connectivity index (χ2v) is 2.97. The number of carbonyl (C=O) groups excluding carboxylic acids is 1. The van der Waals surface area contributed by atoms with Crippen molar-refractivity contribution in [3.63, 3.8) is 0 Å². The monoisotopic (exact) mass is 193 g/mol. The summed E-state index contributed by atoms with van der Waals surface area (Å²) in [7, 11) is 3.23. The Labute approximate surface area is 84.1 Å². The molecular weight excluding hydrogens is 178 g/mol. The number of hydrogen-bond donors (Lipinski definition) is 1. The van der Waals surface area contributed by atoms with Crippen LogP contribution in [0.1, 0.15) is 22.8 Å². The zero-order valence-corrected chi connectivity index (χ0v) is 8.76. The summed E-state index contributed by atoms with van der Waals surface area (Å²) >= 11 is 0. The van der Waals surface area contributed by atoms with Gasteiger partial charge in [0.05, 0.1) is 12.7 Å². The van der Waals surface area contributed by atoms with Gasteiger partial charge in [0.2, 0.25) is 0 Å². The predicted octanol–water partition coefficient (Wildman–Crippen LogP) is 2.08. The second-order valence-electron chi connectivity index (χ2n) is 2.97. The van der Waals surface area contributed by atoms with Gasteiger partial charge >= 0.3 is 5.97 Å². The molecule has 14 heavy (non-hydrogen) atoms. The summed E-state index contributed by atoms with van der Waals surface area (Å²) in [5, 5.41) is 3.06. The van der Waals surface area contributed by atoms with Gasteiger partial charge in [0.15, 0.2) is 0 Å². The van der Waals surface area contributed by atoms with Crippen LogP contribution in [0.4, 0.5) is 5.69 Å². The first kappa shape index (κ1) is 10.6. The second kappa shape index (κ2) is 4.65. The molecule has 0 aromatic heterocycles. The van der Waals surface area contributed by atoms with Gasteiger partial charge in [-0.1, -0.05) is 13.0 Å². The van der Waals surface area contributed by atoms with Crippen LogP contribution in [-0.4, -0.2) is 20.1 Å². The summed E-state index contributed by atoms with van der Waals surface area (Å²) in [6.45, 7) is 2.08. The predicted molar refractivity (Wildman–Crippen MR) is 56.7 cm³/mol. The van der Waals surface area contributed by atoms with E-state index >= 15 is 0 Å². The van der Waals surface area contributed by atoms with Gasteiger partial charge in [0.25, 0.3) is 0 Å². The van der Waals surface area contributed by atoms with Crippen LogP contribution in [0, 0.1) is 0 Å². The van der Waals surface area contributed by atoms with Crippen molar-refractivity contribution < 1.29 is 9.53 Å². The van der Waals surface area contributed by atoms with Crippen molar-refractivity contribution in [3.8, 4) is 0 Å². The highest BCUT2D eigenvalue weighted by molar-refractivity contribution is 5.90. The Morgan fingerprint density at radius 3 is 2.71 bits per heavy atom. The average Bonchev–Trinajstić information content (AvgIpc) is 2.26. The quantitative estimate of drug-likeness (QED) is 0.747. The van der Waals surface area contributed by atoms with Gasteiger partial charge in [-0.05, 0) is 24.1 Å². The minimum absolute atomic E-state index is 0.302. The molecule has 0 aliphatic rings. The Bertz CT molecular complexity index is 334. The van der Waals surface area contributed by atoms with E-state index in [1.54, 1.807) is 6.07 Å². The zero-order chi connectivity index (χ0) is 10.6. The summed E-state index contributed by atoms with van der Waals surface area (Å²) in [5.41, 5.74) is 2.75. The van der Waals surface area contributed by atoms with E-state index < -0.39 is 0 Å². The fourth-order valence-corrected chi connectivity index (χ4v) is 1.36. The summed E-state index contributed by atoms with van der Waals surface area (Å²) < 4.78 is 4.64. The van der Waals surface area contributed by atoms with Crippen molar-refractivity contribution in [2.75, 3.05) is 19.5 Å². The Morgan fingerprint density at radius 2 is 2.21 bits per heavy atom. The highest BCUT2D eigenvalue weighted by atomic mass is 16.5. The van der Waals surface area contributed by atoms with E-state index in [2.05, 4.69) is 17.0 Å². The van der Waals surface area contributed by atoms with Crippen LogP contribution in [0.3, 0.4) is 0 Å². The van der Waals surface area contributed by atoms with E-state index in [0.717, 1.165) is 12.1 Å². The third kappa shape index (κ3) is 2.05. The summed E-state index contributed by atoms with van der Waals surface area (Å²) in [4.78, 5) is 11.2. The first-order valence-corrected chi connectivity index (χ1v) is 4.62. The molecule has 0 bridgehead atoms. The van der Waals surface area contributed by atoms with E-state index in [4.69, 9.17) is 0 Å². The molecule has 0 unspecified atom stereocenters. The summed E-state index contributed by atoms with van der Waals surface area (Å²) in [6.07, 6.45) is 0.942. The van der Waals surface area contributed by atoms with Crippen molar-refractivity contribution >= 4 is 11.7 Å². The molecular formula is C11H15NO2. The normalized spacial score (nSPS) is 9.64. The summed E-state index contributed by atoms with van der Waals surface area (Å²) in [5.74, 6) is -0.302. The molecule has 1 aromatic carbocycles. The van der Waals surface area contributed by atoms with Crippen molar-refractivity contribution in [2.24, 2.45) is 0 Å². The van der Waals surface area contributed by atoms with Crippen molar-refractivity contribution in [1.29, 1.82) is 0 Å². The number of carbonyl (C=O) groups is 1. The SMILES string of the molecule is CCc1ccc(C(=O)OC)cc1NC. The first-order valence-electron chi connectivity index (χ1n) is 4.62. The van der Waals surface area contributed by atoms with E-state index in [9.17, 15) is 4.79 Å². The maximum atomic E-state index is 11.2. The molecule has 0 radical (unpaired) electrons. The minimum atomic E-state index is -0.302. The maximum Gasteiger partial charge on any atom is 0.337 e. The average molecular weight is 193 g/mol. The molecule has 76 valence electrons. The maximum absolute atomic E-state index is 11.2. The van der Waals surface area contributed by atoms with Crippen molar-refractivity contribution in [1.82, 2.24) is 0 Å². The highest BCUT2D eigenvalue weighted by Gasteiger charge is 2.07. The number of benzene rings is 1.